The van der Waals surface area contributed by atoms with Gasteiger partial charge in [-0.1, -0.05) is 146 Å². The lowest BCUT2D eigenvalue weighted by atomic mass is 10.0. The Labute approximate surface area is 283 Å². The molecule has 0 bridgehead atoms. The number of hydrogen-bond acceptors (Lipinski definition) is 5. The molecule has 0 aliphatic heterocycles. The van der Waals surface area contributed by atoms with Crippen LogP contribution in [-0.4, -0.2) is 19.9 Å². The summed E-state index contributed by atoms with van der Waals surface area (Å²) in [5.41, 5.74) is 10.8. The topological polar surface area (TPSA) is 64.7 Å². The second-order valence-corrected chi connectivity index (χ2v) is 11.9. The van der Waals surface area contributed by atoms with Crippen molar-refractivity contribution in [1.29, 1.82) is 0 Å². The van der Waals surface area contributed by atoms with Crippen LogP contribution in [0.4, 0.5) is 0 Å². The molecule has 5 nitrogen and oxygen atoms in total. The average molecular weight is 629 g/mol. The van der Waals surface area contributed by atoms with Gasteiger partial charge in [-0.15, -0.1) is 0 Å². The fraction of sp³-hybridized carbons (Fsp3) is 0. The van der Waals surface area contributed by atoms with E-state index in [0.29, 0.717) is 17.5 Å². The normalized spacial score (nSPS) is 11.3. The summed E-state index contributed by atoms with van der Waals surface area (Å²) in [6.07, 6.45) is 1.81. The highest BCUT2D eigenvalue weighted by molar-refractivity contribution is 6.12. The van der Waals surface area contributed by atoms with E-state index in [1.165, 1.54) is 5.56 Å². The standard InChI is InChI=1S/C44H28N4O/c1-4-10-29(11-5-1)31-16-20-33(21-17-31)41-40-37-25-24-36(28-39(37)49-38(40)26-27-45-41)44-47-42(34-14-8-3-9-15-34)46-43(48-44)35-22-18-32(19-23-35)30-12-6-2-7-13-30/h1-28H. The molecular formula is C44H28N4O. The third-order valence-corrected chi connectivity index (χ3v) is 8.82. The predicted molar refractivity (Wildman–Crippen MR) is 198 cm³/mol. The fourth-order valence-electron chi connectivity index (χ4n) is 6.32. The second kappa shape index (κ2) is 12.1. The first-order valence-corrected chi connectivity index (χ1v) is 16.2. The molecule has 0 atom stereocenters. The van der Waals surface area contributed by atoms with Crippen molar-refractivity contribution in [1.82, 2.24) is 19.9 Å². The molecule has 0 radical (unpaired) electrons. The van der Waals surface area contributed by atoms with Gasteiger partial charge in [-0.3, -0.25) is 4.98 Å². The van der Waals surface area contributed by atoms with E-state index in [4.69, 9.17) is 24.4 Å². The Morgan fingerprint density at radius 1 is 0.347 bits per heavy atom. The quantitative estimate of drug-likeness (QED) is 0.183. The predicted octanol–water partition coefficient (Wildman–Crippen LogP) is 11.2. The van der Waals surface area contributed by atoms with E-state index in [1.54, 1.807) is 6.20 Å². The molecule has 49 heavy (non-hydrogen) atoms. The molecule has 0 unspecified atom stereocenters. The van der Waals surface area contributed by atoms with Crippen molar-refractivity contribution in [2.75, 3.05) is 0 Å². The van der Waals surface area contributed by atoms with Gasteiger partial charge >= 0.3 is 0 Å². The minimum Gasteiger partial charge on any atom is -0.456 e. The number of benzene rings is 6. The summed E-state index contributed by atoms with van der Waals surface area (Å²) in [4.78, 5) is 19.7. The molecule has 3 aromatic heterocycles. The number of fused-ring (bicyclic) bond motifs is 3. The van der Waals surface area contributed by atoms with Gasteiger partial charge in [0.05, 0.1) is 11.1 Å². The summed E-state index contributed by atoms with van der Waals surface area (Å²) in [5.74, 6) is 1.80. The lowest BCUT2D eigenvalue weighted by Gasteiger charge is -2.09. The summed E-state index contributed by atoms with van der Waals surface area (Å²) in [5, 5.41) is 1.97. The summed E-state index contributed by atoms with van der Waals surface area (Å²) < 4.78 is 6.44. The van der Waals surface area contributed by atoms with Crippen LogP contribution in [0.15, 0.2) is 174 Å². The first-order chi connectivity index (χ1) is 24.3. The Bertz CT molecular complexity index is 2560. The summed E-state index contributed by atoms with van der Waals surface area (Å²) in [7, 11) is 0. The van der Waals surface area contributed by atoms with E-state index in [1.807, 2.05) is 66.7 Å². The van der Waals surface area contributed by atoms with Crippen LogP contribution < -0.4 is 0 Å². The number of aromatic nitrogens is 4. The van der Waals surface area contributed by atoms with Gasteiger partial charge in [-0.05, 0) is 40.5 Å². The van der Waals surface area contributed by atoms with Gasteiger partial charge < -0.3 is 4.42 Å². The minimum absolute atomic E-state index is 0.577. The van der Waals surface area contributed by atoms with Gasteiger partial charge in [0.2, 0.25) is 0 Å². The number of furan rings is 1. The lowest BCUT2D eigenvalue weighted by molar-refractivity contribution is 0.668. The third-order valence-electron chi connectivity index (χ3n) is 8.82. The van der Waals surface area contributed by atoms with E-state index in [9.17, 15) is 0 Å². The maximum absolute atomic E-state index is 6.44. The fourth-order valence-corrected chi connectivity index (χ4v) is 6.32. The zero-order valence-electron chi connectivity index (χ0n) is 26.4. The van der Waals surface area contributed by atoms with Crippen molar-refractivity contribution in [2.45, 2.75) is 0 Å². The van der Waals surface area contributed by atoms with Crippen molar-refractivity contribution in [3.8, 4) is 67.7 Å². The second-order valence-electron chi connectivity index (χ2n) is 11.9. The maximum Gasteiger partial charge on any atom is 0.164 e. The third kappa shape index (κ3) is 5.43. The first kappa shape index (κ1) is 28.5. The van der Waals surface area contributed by atoms with Crippen LogP contribution >= 0.6 is 0 Å². The highest BCUT2D eigenvalue weighted by atomic mass is 16.3. The smallest absolute Gasteiger partial charge is 0.164 e. The largest absolute Gasteiger partial charge is 0.456 e. The van der Waals surface area contributed by atoms with Gasteiger partial charge in [-0.2, -0.15) is 0 Å². The van der Waals surface area contributed by atoms with Crippen molar-refractivity contribution >= 4 is 21.9 Å². The average Bonchev–Trinajstić information content (AvgIpc) is 3.57. The van der Waals surface area contributed by atoms with E-state index in [2.05, 4.69) is 97.1 Å². The maximum atomic E-state index is 6.44. The van der Waals surface area contributed by atoms with Crippen molar-refractivity contribution in [3.63, 3.8) is 0 Å². The minimum atomic E-state index is 0.577. The van der Waals surface area contributed by atoms with Crippen LogP contribution in [0.5, 0.6) is 0 Å². The first-order valence-electron chi connectivity index (χ1n) is 16.2. The molecule has 0 amide bonds. The molecule has 3 heterocycles. The van der Waals surface area contributed by atoms with Crippen LogP contribution in [-0.2, 0) is 0 Å². The SMILES string of the molecule is c1ccc(-c2ccc(-c3nc(-c4ccccc4)nc(-c4ccc5c(c4)oc4ccnc(-c6ccc(-c7ccccc7)cc6)c45)n3)cc2)cc1. The molecule has 0 aliphatic rings. The summed E-state index contributed by atoms with van der Waals surface area (Å²) in [6.45, 7) is 0. The molecule has 0 aliphatic carbocycles. The molecule has 5 heteroatoms. The highest BCUT2D eigenvalue weighted by Crippen LogP contribution is 2.38. The van der Waals surface area contributed by atoms with Gasteiger partial charge in [0.25, 0.3) is 0 Å². The monoisotopic (exact) mass is 628 g/mol. The van der Waals surface area contributed by atoms with Crippen LogP contribution in [0.25, 0.3) is 89.6 Å². The van der Waals surface area contributed by atoms with E-state index >= 15 is 0 Å². The molecular weight excluding hydrogens is 601 g/mol. The van der Waals surface area contributed by atoms with E-state index < -0.39 is 0 Å². The molecule has 0 spiro atoms. The molecule has 6 aromatic carbocycles. The molecule has 230 valence electrons. The molecule has 0 fully saturated rings. The van der Waals surface area contributed by atoms with Crippen molar-refractivity contribution in [3.05, 3.63) is 170 Å². The Kier molecular flexibility index (Phi) is 7.06. The Balaban J connectivity index is 1.13. The van der Waals surface area contributed by atoms with Crippen LogP contribution in [0, 0.1) is 0 Å². The van der Waals surface area contributed by atoms with Gasteiger partial charge in [-0.25, -0.2) is 15.0 Å². The molecule has 0 saturated heterocycles. The molecule has 0 N–H and O–H groups in total. The molecule has 9 aromatic rings. The number of nitrogens with zero attached hydrogens (tertiary/aromatic N) is 4. The zero-order chi connectivity index (χ0) is 32.6. The van der Waals surface area contributed by atoms with Crippen molar-refractivity contribution < 1.29 is 4.42 Å². The van der Waals surface area contributed by atoms with E-state index in [-0.39, 0.29) is 0 Å². The number of pyridine rings is 1. The number of hydrogen-bond donors (Lipinski definition) is 0. The van der Waals surface area contributed by atoms with Crippen LogP contribution in [0.2, 0.25) is 0 Å². The highest BCUT2D eigenvalue weighted by Gasteiger charge is 2.17. The zero-order valence-corrected chi connectivity index (χ0v) is 26.4. The Morgan fingerprint density at radius 3 is 1.35 bits per heavy atom. The summed E-state index contributed by atoms with van der Waals surface area (Å²) >= 11 is 0. The van der Waals surface area contributed by atoms with Gasteiger partial charge in [0.15, 0.2) is 17.5 Å². The lowest BCUT2D eigenvalue weighted by Crippen LogP contribution is -2.00. The summed E-state index contributed by atoms with van der Waals surface area (Å²) in [6, 6.07) is 55.7. The molecule has 0 saturated carbocycles. The Morgan fingerprint density at radius 2 is 0.776 bits per heavy atom. The van der Waals surface area contributed by atoms with E-state index in [0.717, 1.165) is 66.6 Å². The Hall–Kier alpha value is -6.72. The van der Waals surface area contributed by atoms with Crippen molar-refractivity contribution in [2.24, 2.45) is 0 Å². The van der Waals surface area contributed by atoms with Crippen LogP contribution in [0.1, 0.15) is 0 Å². The molecule has 9 rings (SSSR count). The van der Waals surface area contributed by atoms with Crippen LogP contribution in [0.3, 0.4) is 0 Å². The number of rotatable bonds is 6. The van der Waals surface area contributed by atoms with Gasteiger partial charge in [0, 0.05) is 33.8 Å². The van der Waals surface area contributed by atoms with Gasteiger partial charge in [0.1, 0.15) is 11.2 Å².